The molecule has 3 rings (SSSR count). The van der Waals surface area contributed by atoms with Crippen molar-refractivity contribution in [2.24, 2.45) is 0 Å². The highest BCUT2D eigenvalue weighted by Gasteiger charge is 2.10. The number of nitrogens with zero attached hydrogens (tertiary/aromatic N) is 3. The van der Waals surface area contributed by atoms with Crippen LogP contribution >= 0.6 is 11.3 Å². The number of fused-ring (bicyclic) bond motifs is 1. The Bertz CT molecular complexity index is 743. The van der Waals surface area contributed by atoms with Gasteiger partial charge >= 0.3 is 0 Å². The summed E-state index contributed by atoms with van der Waals surface area (Å²) in [5.74, 6) is -0.0800. The Hall–Kier alpha value is -2.21. The van der Waals surface area contributed by atoms with Gasteiger partial charge < -0.3 is 5.32 Å². The number of hydrogen-bond acceptors (Lipinski definition) is 4. The van der Waals surface area contributed by atoms with Gasteiger partial charge in [0.1, 0.15) is 5.01 Å². The van der Waals surface area contributed by atoms with Gasteiger partial charge in [-0.3, -0.25) is 4.79 Å². The summed E-state index contributed by atoms with van der Waals surface area (Å²) in [7, 11) is 0. The molecule has 0 spiro atoms. The lowest BCUT2D eigenvalue weighted by Gasteiger charge is -2.05. The van der Waals surface area contributed by atoms with Crippen LogP contribution in [0.5, 0.6) is 0 Å². The molecule has 3 aromatic rings. The number of carbonyl (C=O) groups is 1. The fourth-order valence-electron chi connectivity index (χ4n) is 2.02. The van der Waals surface area contributed by atoms with E-state index in [9.17, 15) is 4.79 Å². The molecule has 1 aromatic carbocycles. The molecule has 0 saturated heterocycles. The van der Waals surface area contributed by atoms with E-state index in [0.717, 1.165) is 21.2 Å². The van der Waals surface area contributed by atoms with Crippen molar-refractivity contribution in [3.05, 3.63) is 52.3 Å². The summed E-state index contributed by atoms with van der Waals surface area (Å²) in [6, 6.07) is 7.53. The average Bonchev–Trinajstić information content (AvgIpc) is 2.93. The van der Waals surface area contributed by atoms with E-state index in [4.69, 9.17) is 0 Å². The molecule has 0 atom stereocenters. The Morgan fingerprint density at radius 1 is 1.35 bits per heavy atom. The number of imidazole rings is 1. The predicted molar refractivity (Wildman–Crippen MR) is 78.0 cm³/mol. The van der Waals surface area contributed by atoms with Crippen LogP contribution in [0, 0.1) is 13.8 Å². The van der Waals surface area contributed by atoms with Crippen molar-refractivity contribution >= 4 is 22.2 Å². The van der Waals surface area contributed by atoms with Crippen LogP contribution in [-0.2, 0) is 6.54 Å². The maximum Gasteiger partial charge on any atom is 0.251 e. The summed E-state index contributed by atoms with van der Waals surface area (Å²) in [6.45, 7) is 4.27. The molecule has 0 aliphatic heterocycles. The van der Waals surface area contributed by atoms with Crippen LogP contribution in [0.1, 0.15) is 26.6 Å². The molecule has 6 heteroatoms. The lowest BCUT2D eigenvalue weighted by molar-refractivity contribution is 0.0950. The van der Waals surface area contributed by atoms with Crippen molar-refractivity contribution < 1.29 is 4.79 Å². The third kappa shape index (κ3) is 2.42. The first-order chi connectivity index (χ1) is 9.63. The molecule has 0 saturated carbocycles. The van der Waals surface area contributed by atoms with Gasteiger partial charge in [-0.05, 0) is 25.5 Å². The van der Waals surface area contributed by atoms with E-state index >= 15 is 0 Å². The van der Waals surface area contributed by atoms with E-state index in [0.29, 0.717) is 12.1 Å². The summed E-state index contributed by atoms with van der Waals surface area (Å²) >= 11 is 1.53. The van der Waals surface area contributed by atoms with E-state index in [1.165, 1.54) is 11.3 Å². The minimum Gasteiger partial charge on any atom is -0.346 e. The van der Waals surface area contributed by atoms with Gasteiger partial charge in [0.25, 0.3) is 5.91 Å². The monoisotopic (exact) mass is 286 g/mol. The van der Waals surface area contributed by atoms with E-state index < -0.39 is 0 Å². The molecule has 0 unspecified atom stereocenters. The molecule has 20 heavy (non-hydrogen) atoms. The first-order valence-corrected chi connectivity index (χ1v) is 7.10. The zero-order chi connectivity index (χ0) is 14.1. The molecule has 0 aliphatic rings. The third-order valence-electron chi connectivity index (χ3n) is 3.01. The molecule has 5 nitrogen and oxygen atoms in total. The number of benzene rings is 1. The second-order valence-electron chi connectivity index (χ2n) is 4.58. The Labute approximate surface area is 120 Å². The summed E-state index contributed by atoms with van der Waals surface area (Å²) in [6.07, 6.45) is 1.84. The number of aryl methyl sites for hydroxylation is 2. The van der Waals surface area contributed by atoms with Crippen LogP contribution in [0.25, 0.3) is 4.96 Å². The van der Waals surface area contributed by atoms with Crippen molar-refractivity contribution in [2.75, 3.05) is 0 Å². The van der Waals surface area contributed by atoms with Crippen molar-refractivity contribution in [3.8, 4) is 0 Å². The lowest BCUT2D eigenvalue weighted by atomic mass is 10.1. The minimum atomic E-state index is -0.0800. The highest BCUT2D eigenvalue weighted by molar-refractivity contribution is 7.16. The number of carbonyl (C=O) groups excluding carboxylic acids is 1. The second kappa shape index (κ2) is 5.05. The van der Waals surface area contributed by atoms with E-state index in [2.05, 4.69) is 15.4 Å². The van der Waals surface area contributed by atoms with Gasteiger partial charge in [0.2, 0.25) is 4.96 Å². The summed E-state index contributed by atoms with van der Waals surface area (Å²) in [4.78, 5) is 17.4. The third-order valence-corrected chi connectivity index (χ3v) is 3.85. The fraction of sp³-hybridized carbons (Fsp3) is 0.214. The molecule has 102 valence electrons. The van der Waals surface area contributed by atoms with Crippen LogP contribution < -0.4 is 5.32 Å². The molecular weight excluding hydrogens is 272 g/mol. The van der Waals surface area contributed by atoms with E-state index in [1.807, 2.05) is 44.3 Å². The van der Waals surface area contributed by atoms with Gasteiger partial charge in [-0.2, -0.15) is 5.10 Å². The quantitative estimate of drug-likeness (QED) is 0.804. The lowest BCUT2D eigenvalue weighted by Crippen LogP contribution is -2.23. The number of hydrogen-bond donors (Lipinski definition) is 1. The van der Waals surface area contributed by atoms with Crippen LogP contribution in [0.4, 0.5) is 0 Å². The van der Waals surface area contributed by atoms with Crippen molar-refractivity contribution in [1.29, 1.82) is 0 Å². The molecule has 0 radical (unpaired) electrons. The maximum atomic E-state index is 12.1. The molecule has 2 heterocycles. The number of aromatic nitrogens is 3. The molecule has 1 N–H and O–H groups in total. The molecular formula is C14H14N4OS. The normalized spacial score (nSPS) is 10.9. The van der Waals surface area contributed by atoms with E-state index in [-0.39, 0.29) is 5.91 Å². The molecule has 1 amide bonds. The Balaban J connectivity index is 1.71. The largest absolute Gasteiger partial charge is 0.346 e. The van der Waals surface area contributed by atoms with Gasteiger partial charge in [0.05, 0.1) is 18.4 Å². The number of nitrogens with one attached hydrogen (secondary N) is 1. The maximum absolute atomic E-state index is 12.1. The Morgan fingerprint density at radius 2 is 2.15 bits per heavy atom. The molecule has 2 aromatic heterocycles. The first-order valence-electron chi connectivity index (χ1n) is 6.29. The highest BCUT2D eigenvalue weighted by Crippen LogP contribution is 2.13. The number of amides is 1. The van der Waals surface area contributed by atoms with Crippen LogP contribution in [0.15, 0.2) is 30.5 Å². The molecule has 0 bridgehead atoms. The summed E-state index contributed by atoms with van der Waals surface area (Å²) < 4.78 is 1.75. The zero-order valence-corrected chi connectivity index (χ0v) is 12.1. The minimum absolute atomic E-state index is 0.0800. The van der Waals surface area contributed by atoms with Crippen LogP contribution in [-0.4, -0.2) is 20.5 Å². The summed E-state index contributed by atoms with van der Waals surface area (Å²) in [5.41, 5.74) is 2.47. The second-order valence-corrected chi connectivity index (χ2v) is 5.74. The molecule has 0 aliphatic carbocycles. The van der Waals surface area contributed by atoms with Gasteiger partial charge in [-0.1, -0.05) is 29.5 Å². The van der Waals surface area contributed by atoms with E-state index in [1.54, 1.807) is 4.52 Å². The zero-order valence-electron chi connectivity index (χ0n) is 11.3. The van der Waals surface area contributed by atoms with Crippen molar-refractivity contribution in [1.82, 2.24) is 19.9 Å². The van der Waals surface area contributed by atoms with Gasteiger partial charge in [-0.15, -0.1) is 0 Å². The van der Waals surface area contributed by atoms with Gasteiger partial charge in [0.15, 0.2) is 0 Å². The fourth-order valence-corrected chi connectivity index (χ4v) is 2.77. The Morgan fingerprint density at radius 3 is 2.90 bits per heavy atom. The standard InChI is InChI=1S/C14H14N4OS/c1-9-5-3-4-6-12(9)13(19)15-7-11-8-18-14(16-11)20-10(2)17-18/h3-6,8H,7H2,1-2H3,(H,15,19). The average molecular weight is 286 g/mol. The Kier molecular flexibility index (Phi) is 3.23. The molecule has 0 fully saturated rings. The smallest absolute Gasteiger partial charge is 0.251 e. The van der Waals surface area contributed by atoms with Crippen molar-refractivity contribution in [2.45, 2.75) is 20.4 Å². The SMILES string of the molecule is Cc1nn2cc(CNC(=O)c3ccccc3C)nc2s1. The number of rotatable bonds is 3. The van der Waals surface area contributed by atoms with Crippen LogP contribution in [0.2, 0.25) is 0 Å². The topological polar surface area (TPSA) is 59.3 Å². The highest BCUT2D eigenvalue weighted by atomic mass is 32.1. The first kappa shape index (κ1) is 12.8. The van der Waals surface area contributed by atoms with Gasteiger partial charge in [-0.25, -0.2) is 9.50 Å². The van der Waals surface area contributed by atoms with Crippen molar-refractivity contribution in [3.63, 3.8) is 0 Å². The summed E-state index contributed by atoms with van der Waals surface area (Å²) in [5, 5.41) is 8.15. The predicted octanol–water partition coefficient (Wildman–Crippen LogP) is 2.34. The van der Waals surface area contributed by atoms with Gasteiger partial charge in [0, 0.05) is 5.56 Å². The van der Waals surface area contributed by atoms with Crippen LogP contribution in [0.3, 0.4) is 0 Å².